The highest BCUT2D eigenvalue weighted by atomic mass is 32.2. The molecule has 146 valence electrons. The summed E-state index contributed by atoms with van der Waals surface area (Å²) >= 11 is 1.34. The first-order valence-electron chi connectivity index (χ1n) is 8.00. The van der Waals surface area contributed by atoms with E-state index in [1.54, 1.807) is 6.92 Å². The molecule has 10 heteroatoms. The smallest absolute Gasteiger partial charge is 0.422 e. The number of aromatic nitrogens is 3. The number of carbonyl (C=O) groups excluding carboxylic acids is 1. The molecule has 0 aliphatic heterocycles. The lowest BCUT2D eigenvalue weighted by molar-refractivity contribution is -0.154. The molecular weight excluding hydrogens is 381 g/mol. The molecule has 1 N–H and O–H groups in total. The van der Waals surface area contributed by atoms with Crippen LogP contribution in [-0.4, -0.2) is 39.9 Å². The Morgan fingerprint density at radius 1 is 1.30 bits per heavy atom. The van der Waals surface area contributed by atoms with Gasteiger partial charge in [0.15, 0.2) is 6.61 Å². The number of nitrogens with one attached hydrogen (secondary N) is 1. The summed E-state index contributed by atoms with van der Waals surface area (Å²) in [5.74, 6) is 0.176. The maximum atomic E-state index is 12.6. The summed E-state index contributed by atoms with van der Waals surface area (Å²) in [6.45, 7) is 4.23. The van der Waals surface area contributed by atoms with Gasteiger partial charge in [0.05, 0.1) is 23.1 Å². The van der Waals surface area contributed by atoms with Crippen molar-refractivity contribution in [3.8, 4) is 5.88 Å². The van der Waals surface area contributed by atoms with Gasteiger partial charge in [0.25, 0.3) is 5.91 Å². The fraction of sp³-hybridized carbons (Fsp3) is 0.412. The van der Waals surface area contributed by atoms with Crippen LogP contribution in [0, 0.1) is 6.92 Å². The van der Waals surface area contributed by atoms with Crippen molar-refractivity contribution in [1.82, 2.24) is 15.0 Å². The Hall–Kier alpha value is -2.36. The van der Waals surface area contributed by atoms with Crippen LogP contribution in [0.4, 0.5) is 18.9 Å². The van der Waals surface area contributed by atoms with Crippen molar-refractivity contribution in [2.24, 2.45) is 0 Å². The molecule has 0 atom stereocenters. The van der Waals surface area contributed by atoms with Crippen LogP contribution in [0.3, 0.4) is 0 Å². The first-order valence-corrected chi connectivity index (χ1v) is 9.22. The molecule has 0 saturated carbocycles. The van der Waals surface area contributed by atoms with E-state index < -0.39 is 18.7 Å². The van der Waals surface area contributed by atoms with E-state index in [-0.39, 0.29) is 11.8 Å². The van der Waals surface area contributed by atoms with E-state index in [2.05, 4.69) is 25.0 Å². The van der Waals surface area contributed by atoms with Gasteiger partial charge in [0.1, 0.15) is 10.9 Å². The summed E-state index contributed by atoms with van der Waals surface area (Å²) in [7, 11) is 0. The molecule has 0 radical (unpaired) electrons. The highest BCUT2D eigenvalue weighted by Crippen LogP contribution is 2.24. The molecule has 27 heavy (non-hydrogen) atoms. The average molecular weight is 400 g/mol. The van der Waals surface area contributed by atoms with Crippen LogP contribution in [0.5, 0.6) is 5.88 Å². The largest absolute Gasteiger partial charge is 0.468 e. The number of hydrogen-bond acceptors (Lipinski definition) is 6. The zero-order chi connectivity index (χ0) is 20.2. The SMILES string of the molecule is CSc1nc(C(C)C)nc(C)c1C(=O)Nc1ccc(OCC(F)(F)F)nc1. The van der Waals surface area contributed by atoms with Crippen LogP contribution in [0.25, 0.3) is 0 Å². The normalized spacial score (nSPS) is 11.6. The van der Waals surface area contributed by atoms with E-state index >= 15 is 0 Å². The third-order valence-electron chi connectivity index (χ3n) is 3.39. The fourth-order valence-electron chi connectivity index (χ4n) is 2.12. The number of pyridine rings is 1. The zero-order valence-electron chi connectivity index (χ0n) is 15.2. The summed E-state index contributed by atoms with van der Waals surface area (Å²) in [6, 6.07) is 2.66. The number of rotatable bonds is 6. The van der Waals surface area contributed by atoms with E-state index in [9.17, 15) is 18.0 Å². The van der Waals surface area contributed by atoms with Gasteiger partial charge in [-0.05, 0) is 19.2 Å². The van der Waals surface area contributed by atoms with Crippen LogP contribution >= 0.6 is 11.8 Å². The second-order valence-electron chi connectivity index (χ2n) is 5.95. The molecule has 2 aromatic heterocycles. The molecule has 0 aromatic carbocycles. The zero-order valence-corrected chi connectivity index (χ0v) is 16.0. The standard InChI is InChI=1S/C17H19F3N4O2S/c1-9(2)14-22-10(3)13(16(24-14)27-4)15(25)23-11-5-6-12(21-7-11)26-8-17(18,19)20/h5-7,9H,8H2,1-4H3,(H,23,25). The number of thioether (sulfide) groups is 1. The molecular formula is C17H19F3N4O2S. The van der Waals surface area contributed by atoms with Crippen LogP contribution in [-0.2, 0) is 0 Å². The van der Waals surface area contributed by atoms with Gasteiger partial charge < -0.3 is 10.1 Å². The number of alkyl halides is 3. The van der Waals surface area contributed by atoms with Gasteiger partial charge in [0.2, 0.25) is 5.88 Å². The fourth-order valence-corrected chi connectivity index (χ4v) is 2.75. The minimum atomic E-state index is -4.44. The van der Waals surface area contributed by atoms with Crippen molar-refractivity contribution in [2.45, 2.75) is 37.9 Å². The maximum Gasteiger partial charge on any atom is 0.422 e. The number of anilines is 1. The lowest BCUT2D eigenvalue weighted by Crippen LogP contribution is -2.20. The number of ether oxygens (including phenoxy) is 1. The molecule has 0 saturated heterocycles. The molecule has 0 bridgehead atoms. The first-order chi connectivity index (χ1) is 12.6. The van der Waals surface area contributed by atoms with Crippen LogP contribution < -0.4 is 10.1 Å². The third-order valence-corrected chi connectivity index (χ3v) is 4.07. The number of hydrogen-bond donors (Lipinski definition) is 1. The topological polar surface area (TPSA) is 77.0 Å². The van der Waals surface area contributed by atoms with Gasteiger partial charge in [-0.2, -0.15) is 13.2 Å². The van der Waals surface area contributed by atoms with E-state index in [1.165, 1.54) is 30.1 Å². The predicted molar refractivity (Wildman–Crippen MR) is 96.4 cm³/mol. The number of aryl methyl sites for hydroxylation is 1. The average Bonchev–Trinajstić information content (AvgIpc) is 2.59. The van der Waals surface area contributed by atoms with Gasteiger partial charge in [-0.1, -0.05) is 13.8 Å². The third kappa shape index (κ3) is 5.81. The molecule has 6 nitrogen and oxygen atoms in total. The number of nitrogens with zero attached hydrogens (tertiary/aromatic N) is 3. The first kappa shape index (κ1) is 20.9. The van der Waals surface area contributed by atoms with E-state index in [4.69, 9.17) is 0 Å². The molecule has 1 amide bonds. The number of halogens is 3. The molecule has 0 fully saturated rings. The van der Waals surface area contributed by atoms with E-state index in [1.807, 2.05) is 20.1 Å². The Morgan fingerprint density at radius 2 is 2.00 bits per heavy atom. The van der Waals surface area contributed by atoms with Gasteiger partial charge in [-0.15, -0.1) is 11.8 Å². The predicted octanol–water partition coefficient (Wildman–Crippen LogP) is 4.22. The molecule has 2 rings (SSSR count). The van der Waals surface area contributed by atoms with Crippen molar-refractivity contribution in [3.63, 3.8) is 0 Å². The lowest BCUT2D eigenvalue weighted by Gasteiger charge is -2.13. The lowest BCUT2D eigenvalue weighted by atomic mass is 10.1. The molecule has 2 heterocycles. The molecule has 0 aliphatic rings. The highest BCUT2D eigenvalue weighted by Gasteiger charge is 2.28. The summed E-state index contributed by atoms with van der Waals surface area (Å²) in [4.78, 5) is 25.2. The quantitative estimate of drug-likeness (QED) is 0.578. The Kier molecular flexibility index (Phi) is 6.63. The van der Waals surface area contributed by atoms with Gasteiger partial charge in [-0.3, -0.25) is 4.79 Å². The van der Waals surface area contributed by atoms with Crippen molar-refractivity contribution in [1.29, 1.82) is 0 Å². The maximum absolute atomic E-state index is 12.6. The molecule has 2 aromatic rings. The minimum Gasteiger partial charge on any atom is -0.468 e. The number of carbonyl (C=O) groups is 1. The summed E-state index contributed by atoms with van der Waals surface area (Å²) in [5.41, 5.74) is 1.22. The van der Waals surface area contributed by atoms with Gasteiger partial charge in [0, 0.05) is 12.0 Å². The van der Waals surface area contributed by atoms with Crippen molar-refractivity contribution >= 4 is 23.4 Å². The summed E-state index contributed by atoms with van der Waals surface area (Å²) in [5, 5.41) is 3.21. The van der Waals surface area contributed by atoms with Crippen LogP contribution in [0.1, 0.15) is 41.6 Å². The highest BCUT2D eigenvalue weighted by molar-refractivity contribution is 7.98. The Balaban J connectivity index is 2.15. The van der Waals surface area contributed by atoms with Crippen molar-refractivity contribution in [3.05, 3.63) is 35.4 Å². The second kappa shape index (κ2) is 8.55. The second-order valence-corrected chi connectivity index (χ2v) is 6.74. The van der Waals surface area contributed by atoms with E-state index in [0.29, 0.717) is 27.8 Å². The Morgan fingerprint density at radius 3 is 2.52 bits per heavy atom. The summed E-state index contributed by atoms with van der Waals surface area (Å²) in [6.07, 6.45) is -1.40. The molecule has 0 aliphatic carbocycles. The summed E-state index contributed by atoms with van der Waals surface area (Å²) < 4.78 is 41.0. The van der Waals surface area contributed by atoms with Crippen molar-refractivity contribution in [2.75, 3.05) is 18.2 Å². The van der Waals surface area contributed by atoms with Crippen LogP contribution in [0.15, 0.2) is 23.4 Å². The monoisotopic (exact) mass is 400 g/mol. The van der Waals surface area contributed by atoms with Crippen molar-refractivity contribution < 1.29 is 22.7 Å². The minimum absolute atomic E-state index is 0.125. The van der Waals surface area contributed by atoms with Gasteiger partial charge in [-0.25, -0.2) is 15.0 Å². The van der Waals surface area contributed by atoms with E-state index in [0.717, 1.165) is 0 Å². The van der Waals surface area contributed by atoms with Crippen LogP contribution in [0.2, 0.25) is 0 Å². The van der Waals surface area contributed by atoms with Gasteiger partial charge >= 0.3 is 6.18 Å². The Labute approximate surface area is 159 Å². The Bertz CT molecular complexity index is 811. The number of amides is 1. The molecule has 0 spiro atoms. The molecule has 0 unspecified atom stereocenters.